The molecule has 27 heavy (non-hydrogen) atoms. The average Bonchev–Trinajstić information content (AvgIpc) is 3.50. The fourth-order valence-electron chi connectivity index (χ4n) is 3.11. The number of aromatic nitrogens is 1. The van der Waals surface area contributed by atoms with Crippen LogP contribution in [0.3, 0.4) is 0 Å². The maximum atomic E-state index is 12.0. The van der Waals surface area contributed by atoms with E-state index in [1.807, 2.05) is 6.92 Å². The van der Waals surface area contributed by atoms with E-state index in [-0.39, 0.29) is 5.91 Å². The van der Waals surface area contributed by atoms with Crippen LogP contribution in [-0.4, -0.2) is 83.6 Å². The first-order chi connectivity index (χ1) is 13.2. The normalized spacial score (nSPS) is 19.6. The first-order valence-electron chi connectivity index (χ1n) is 9.78. The second kappa shape index (κ2) is 9.66. The Labute approximate surface area is 160 Å². The topological polar surface area (TPSA) is 93.1 Å². The molecular formula is C19H30N6O2. The summed E-state index contributed by atoms with van der Waals surface area (Å²) in [6.07, 6.45) is 4.94. The van der Waals surface area contributed by atoms with Gasteiger partial charge in [0.15, 0.2) is 5.96 Å². The number of carbonyl (C=O) groups excluding carboxylic acids is 1. The molecule has 1 saturated heterocycles. The number of aliphatic imine (C=N–C) groups is 1. The highest BCUT2D eigenvalue weighted by Crippen LogP contribution is 2.18. The van der Waals surface area contributed by atoms with Crippen LogP contribution >= 0.6 is 0 Å². The number of pyridine rings is 1. The van der Waals surface area contributed by atoms with Crippen molar-refractivity contribution in [2.24, 2.45) is 4.99 Å². The third-order valence-corrected chi connectivity index (χ3v) is 4.82. The number of rotatable bonds is 7. The van der Waals surface area contributed by atoms with E-state index < -0.39 is 6.10 Å². The highest BCUT2D eigenvalue weighted by molar-refractivity contribution is 5.80. The number of nitrogens with one attached hydrogen (secondary N) is 2. The van der Waals surface area contributed by atoms with E-state index >= 15 is 0 Å². The van der Waals surface area contributed by atoms with Gasteiger partial charge in [0.05, 0.1) is 19.2 Å². The lowest BCUT2D eigenvalue weighted by molar-refractivity contribution is -0.122. The number of aliphatic hydroxyl groups is 1. The molecule has 1 aliphatic heterocycles. The molecule has 1 aliphatic carbocycles. The van der Waals surface area contributed by atoms with Crippen LogP contribution in [0.5, 0.6) is 0 Å². The Morgan fingerprint density at radius 1 is 1.30 bits per heavy atom. The largest absolute Gasteiger partial charge is 0.386 e. The van der Waals surface area contributed by atoms with Crippen LogP contribution < -0.4 is 10.6 Å². The van der Waals surface area contributed by atoms with E-state index in [1.54, 1.807) is 24.5 Å². The van der Waals surface area contributed by atoms with E-state index in [4.69, 9.17) is 0 Å². The Morgan fingerprint density at radius 3 is 2.63 bits per heavy atom. The lowest BCUT2D eigenvalue weighted by Crippen LogP contribution is -2.54. The van der Waals surface area contributed by atoms with Gasteiger partial charge in [-0.25, -0.2) is 0 Å². The standard InChI is InChI=1S/C19H30N6O2/c1-2-21-19(22-13-17(26)15-5-7-20-8-6-15)25-11-9-24(10-12-25)14-18(27)23-16-3-4-16/h5-8,16-17,26H,2-4,9-14H2,1H3,(H,21,22)(H,23,27). The molecule has 1 aromatic rings. The lowest BCUT2D eigenvalue weighted by Gasteiger charge is -2.36. The molecule has 2 fully saturated rings. The van der Waals surface area contributed by atoms with Crippen molar-refractivity contribution in [2.45, 2.75) is 31.9 Å². The number of hydrogen-bond donors (Lipinski definition) is 3. The van der Waals surface area contributed by atoms with Gasteiger partial charge in [-0.05, 0) is 37.5 Å². The summed E-state index contributed by atoms with van der Waals surface area (Å²) in [5.74, 6) is 0.944. The molecule has 0 radical (unpaired) electrons. The second-order valence-corrected chi connectivity index (χ2v) is 7.10. The number of carbonyl (C=O) groups is 1. The maximum absolute atomic E-state index is 12.0. The van der Waals surface area contributed by atoms with Gasteiger partial charge in [-0.15, -0.1) is 0 Å². The van der Waals surface area contributed by atoms with E-state index in [2.05, 4.69) is 30.4 Å². The van der Waals surface area contributed by atoms with Crippen molar-refractivity contribution in [3.8, 4) is 0 Å². The molecule has 0 bridgehead atoms. The molecule has 8 heteroatoms. The van der Waals surface area contributed by atoms with Crippen molar-refractivity contribution in [1.82, 2.24) is 25.4 Å². The molecule has 0 spiro atoms. The van der Waals surface area contributed by atoms with Crippen molar-refractivity contribution >= 4 is 11.9 Å². The minimum absolute atomic E-state index is 0.131. The average molecular weight is 374 g/mol. The van der Waals surface area contributed by atoms with Crippen molar-refractivity contribution in [3.63, 3.8) is 0 Å². The Morgan fingerprint density at radius 2 is 2.00 bits per heavy atom. The first kappa shape index (κ1) is 19.6. The van der Waals surface area contributed by atoms with Gasteiger partial charge in [0.1, 0.15) is 0 Å². The van der Waals surface area contributed by atoms with Crippen molar-refractivity contribution < 1.29 is 9.90 Å². The minimum Gasteiger partial charge on any atom is -0.386 e. The summed E-state index contributed by atoms with van der Waals surface area (Å²) >= 11 is 0. The second-order valence-electron chi connectivity index (χ2n) is 7.10. The smallest absolute Gasteiger partial charge is 0.234 e. The van der Waals surface area contributed by atoms with Gasteiger partial charge in [0.2, 0.25) is 5.91 Å². The molecule has 1 aromatic heterocycles. The third-order valence-electron chi connectivity index (χ3n) is 4.82. The van der Waals surface area contributed by atoms with Crippen LogP contribution in [-0.2, 0) is 4.79 Å². The van der Waals surface area contributed by atoms with Gasteiger partial charge in [-0.1, -0.05) is 0 Å². The van der Waals surface area contributed by atoms with Crippen LogP contribution in [0, 0.1) is 0 Å². The summed E-state index contributed by atoms with van der Waals surface area (Å²) in [5, 5.41) is 16.7. The fraction of sp³-hybridized carbons (Fsp3) is 0.632. The van der Waals surface area contributed by atoms with E-state index in [0.29, 0.717) is 19.1 Å². The number of hydrogen-bond acceptors (Lipinski definition) is 5. The summed E-state index contributed by atoms with van der Waals surface area (Å²) < 4.78 is 0. The van der Waals surface area contributed by atoms with Crippen molar-refractivity contribution in [3.05, 3.63) is 30.1 Å². The molecule has 2 aliphatic rings. The molecule has 1 unspecified atom stereocenters. The summed E-state index contributed by atoms with van der Waals surface area (Å²) in [4.78, 5) is 24.9. The molecular weight excluding hydrogens is 344 g/mol. The van der Waals surface area contributed by atoms with Crippen LogP contribution in [0.1, 0.15) is 31.4 Å². The third kappa shape index (κ3) is 6.18. The first-order valence-corrected chi connectivity index (χ1v) is 9.78. The number of nitrogens with zero attached hydrogens (tertiary/aromatic N) is 4. The summed E-state index contributed by atoms with van der Waals surface area (Å²) in [5.41, 5.74) is 0.816. The molecule has 2 heterocycles. The van der Waals surface area contributed by atoms with Gasteiger partial charge in [0.25, 0.3) is 0 Å². The Bertz CT molecular complexity index is 626. The Kier molecular flexibility index (Phi) is 7.00. The van der Waals surface area contributed by atoms with Crippen molar-refractivity contribution in [2.75, 3.05) is 45.8 Å². The van der Waals surface area contributed by atoms with Crippen LogP contribution in [0.25, 0.3) is 0 Å². The van der Waals surface area contributed by atoms with Crippen LogP contribution in [0.15, 0.2) is 29.5 Å². The Balaban J connectivity index is 1.49. The summed E-state index contributed by atoms with van der Waals surface area (Å²) in [6.45, 7) is 6.86. The Hall–Kier alpha value is -2.19. The molecule has 3 rings (SSSR count). The molecule has 148 valence electrons. The predicted octanol–water partition coefficient (Wildman–Crippen LogP) is -0.0233. The van der Waals surface area contributed by atoms with Crippen molar-refractivity contribution in [1.29, 1.82) is 0 Å². The maximum Gasteiger partial charge on any atom is 0.234 e. The predicted molar refractivity (Wildman–Crippen MR) is 104 cm³/mol. The highest BCUT2D eigenvalue weighted by atomic mass is 16.3. The van der Waals surface area contributed by atoms with Crippen LogP contribution in [0.2, 0.25) is 0 Å². The zero-order chi connectivity index (χ0) is 19.1. The monoisotopic (exact) mass is 374 g/mol. The summed E-state index contributed by atoms with van der Waals surface area (Å²) in [6, 6.07) is 4.02. The molecule has 0 aromatic carbocycles. The molecule has 8 nitrogen and oxygen atoms in total. The van der Waals surface area contributed by atoms with Gasteiger partial charge < -0.3 is 20.6 Å². The van der Waals surface area contributed by atoms with Gasteiger partial charge in [-0.2, -0.15) is 0 Å². The zero-order valence-corrected chi connectivity index (χ0v) is 16.0. The quantitative estimate of drug-likeness (QED) is 0.459. The number of aliphatic hydroxyl groups excluding tert-OH is 1. The molecule has 1 atom stereocenters. The van der Waals surface area contributed by atoms with Gasteiger partial charge in [-0.3, -0.25) is 19.7 Å². The molecule has 1 saturated carbocycles. The molecule has 1 amide bonds. The van der Waals surface area contributed by atoms with Crippen LogP contribution in [0.4, 0.5) is 0 Å². The zero-order valence-electron chi connectivity index (χ0n) is 16.0. The number of amides is 1. The van der Waals surface area contributed by atoms with Gasteiger partial charge in [0, 0.05) is 51.2 Å². The van der Waals surface area contributed by atoms with E-state index in [1.165, 1.54) is 0 Å². The van der Waals surface area contributed by atoms with Gasteiger partial charge >= 0.3 is 0 Å². The molecule has 3 N–H and O–H groups in total. The number of guanidine groups is 1. The fourth-order valence-corrected chi connectivity index (χ4v) is 3.11. The SMILES string of the molecule is CCNC(=NCC(O)c1ccncc1)N1CCN(CC(=O)NC2CC2)CC1. The highest BCUT2D eigenvalue weighted by Gasteiger charge is 2.26. The minimum atomic E-state index is -0.644. The summed E-state index contributed by atoms with van der Waals surface area (Å²) in [7, 11) is 0. The van der Waals surface area contributed by atoms with E-state index in [0.717, 1.165) is 57.1 Å². The lowest BCUT2D eigenvalue weighted by atomic mass is 10.1. The number of piperazine rings is 1. The van der Waals surface area contributed by atoms with E-state index in [9.17, 15) is 9.90 Å².